The summed E-state index contributed by atoms with van der Waals surface area (Å²) in [5.41, 5.74) is 0. The third-order valence-electron chi connectivity index (χ3n) is 1.61. The zero-order valence-corrected chi connectivity index (χ0v) is 7.20. The zero-order valence-electron chi connectivity index (χ0n) is 7.20. The van der Waals surface area contributed by atoms with Crippen LogP contribution in [0.5, 0.6) is 0 Å². The molecule has 7 nitrogen and oxygen atoms in total. The van der Waals surface area contributed by atoms with Crippen LogP contribution in [0, 0.1) is 0 Å². The summed E-state index contributed by atoms with van der Waals surface area (Å²) in [7, 11) is 0. The number of carboxylic acid groups (broad SMARTS) is 1. The first kappa shape index (κ1) is 13.0. The SMILES string of the molecule is O=C(O)C(=O)C[C@H](O)[C@@H](O)[C@H](O)CO. The largest absolute Gasteiger partial charge is 0.475 e. The van der Waals surface area contributed by atoms with Gasteiger partial charge in [0.15, 0.2) is 0 Å². The van der Waals surface area contributed by atoms with Gasteiger partial charge in [-0.2, -0.15) is 0 Å². The maximum absolute atomic E-state index is 10.6. The van der Waals surface area contributed by atoms with Crippen molar-refractivity contribution >= 4 is 11.8 Å². The molecule has 5 N–H and O–H groups in total. The van der Waals surface area contributed by atoms with Crippen molar-refractivity contribution in [1.29, 1.82) is 0 Å². The molecule has 0 aromatic rings. The quantitative estimate of drug-likeness (QED) is 0.295. The van der Waals surface area contributed by atoms with Crippen LogP contribution >= 0.6 is 0 Å². The van der Waals surface area contributed by atoms with Crippen molar-refractivity contribution in [3.05, 3.63) is 0 Å². The molecule has 3 atom stereocenters. The molecule has 7 heteroatoms. The highest BCUT2D eigenvalue weighted by atomic mass is 16.4. The number of carbonyl (C=O) groups excluding carboxylic acids is 1. The lowest BCUT2D eigenvalue weighted by molar-refractivity contribution is -0.151. The third-order valence-corrected chi connectivity index (χ3v) is 1.61. The van der Waals surface area contributed by atoms with Gasteiger partial charge in [-0.3, -0.25) is 4.79 Å². The summed E-state index contributed by atoms with van der Waals surface area (Å²) in [5.74, 6) is -3.00. The summed E-state index contributed by atoms with van der Waals surface area (Å²) in [5, 5.41) is 43.4. The lowest BCUT2D eigenvalue weighted by Gasteiger charge is -2.20. The van der Waals surface area contributed by atoms with Crippen molar-refractivity contribution in [2.45, 2.75) is 24.7 Å². The molecule has 0 amide bonds. The Morgan fingerprint density at radius 1 is 1.07 bits per heavy atom. The van der Waals surface area contributed by atoms with E-state index >= 15 is 0 Å². The van der Waals surface area contributed by atoms with Crippen LogP contribution in [0.2, 0.25) is 0 Å². The molecule has 0 bridgehead atoms. The first-order chi connectivity index (χ1) is 6.40. The maximum atomic E-state index is 10.6. The van der Waals surface area contributed by atoms with E-state index in [4.69, 9.17) is 25.5 Å². The second kappa shape index (κ2) is 5.66. The molecule has 0 radical (unpaired) electrons. The fourth-order valence-electron chi connectivity index (χ4n) is 0.762. The van der Waals surface area contributed by atoms with Crippen LogP contribution in [0.15, 0.2) is 0 Å². The van der Waals surface area contributed by atoms with E-state index in [-0.39, 0.29) is 0 Å². The Bertz CT molecular complexity index is 214. The van der Waals surface area contributed by atoms with Gasteiger partial charge in [0.2, 0.25) is 5.78 Å². The lowest BCUT2D eigenvalue weighted by Crippen LogP contribution is -2.41. The van der Waals surface area contributed by atoms with E-state index in [2.05, 4.69) is 0 Å². The number of carbonyl (C=O) groups is 2. The second-order valence-electron chi connectivity index (χ2n) is 2.74. The normalized spacial score (nSPS) is 17.1. The highest BCUT2D eigenvalue weighted by Crippen LogP contribution is 2.04. The van der Waals surface area contributed by atoms with Gasteiger partial charge in [0, 0.05) is 6.42 Å². The Balaban J connectivity index is 4.13. The van der Waals surface area contributed by atoms with Crippen molar-refractivity contribution in [3.63, 3.8) is 0 Å². The van der Waals surface area contributed by atoms with Crippen LogP contribution in [0.4, 0.5) is 0 Å². The first-order valence-corrected chi connectivity index (χ1v) is 3.81. The predicted octanol–water partition coefficient (Wildman–Crippen LogP) is -2.89. The van der Waals surface area contributed by atoms with Crippen LogP contribution in [0.3, 0.4) is 0 Å². The van der Waals surface area contributed by atoms with Crippen molar-refractivity contribution in [3.8, 4) is 0 Å². The van der Waals surface area contributed by atoms with Gasteiger partial charge in [-0.15, -0.1) is 0 Å². The molecule has 0 heterocycles. The zero-order chi connectivity index (χ0) is 11.3. The number of Topliss-reactive ketones (excluding diaryl/α,β-unsaturated/α-hetero) is 1. The second-order valence-corrected chi connectivity index (χ2v) is 2.74. The van der Waals surface area contributed by atoms with E-state index in [0.29, 0.717) is 0 Å². The Morgan fingerprint density at radius 3 is 1.93 bits per heavy atom. The lowest BCUT2D eigenvalue weighted by atomic mass is 10.0. The summed E-state index contributed by atoms with van der Waals surface area (Å²) in [6.45, 7) is -0.792. The van der Waals surface area contributed by atoms with Crippen LogP contribution in [0.25, 0.3) is 0 Å². The molecule has 0 spiro atoms. The van der Waals surface area contributed by atoms with E-state index in [1.54, 1.807) is 0 Å². The number of hydrogen-bond donors (Lipinski definition) is 5. The maximum Gasteiger partial charge on any atom is 0.372 e. The monoisotopic (exact) mass is 208 g/mol. The van der Waals surface area contributed by atoms with E-state index in [0.717, 1.165) is 0 Å². The molecule has 0 aliphatic carbocycles. The van der Waals surface area contributed by atoms with Crippen molar-refractivity contribution in [1.82, 2.24) is 0 Å². The van der Waals surface area contributed by atoms with Gasteiger partial charge in [0.1, 0.15) is 12.2 Å². The van der Waals surface area contributed by atoms with Crippen LogP contribution in [-0.2, 0) is 9.59 Å². The van der Waals surface area contributed by atoms with Gasteiger partial charge in [0.05, 0.1) is 12.7 Å². The Kier molecular flexibility index (Phi) is 5.24. The van der Waals surface area contributed by atoms with E-state index in [9.17, 15) is 9.59 Å². The van der Waals surface area contributed by atoms with E-state index < -0.39 is 43.1 Å². The highest BCUT2D eigenvalue weighted by molar-refractivity contribution is 6.32. The molecule has 14 heavy (non-hydrogen) atoms. The minimum absolute atomic E-state index is 0.792. The fraction of sp³-hybridized carbons (Fsp3) is 0.714. The van der Waals surface area contributed by atoms with Crippen molar-refractivity contribution in [2.75, 3.05) is 6.61 Å². The predicted molar refractivity (Wildman–Crippen MR) is 42.4 cm³/mol. The molecular weight excluding hydrogens is 196 g/mol. The van der Waals surface area contributed by atoms with Crippen LogP contribution < -0.4 is 0 Å². The molecule has 0 aromatic heterocycles. The number of aliphatic carboxylic acids is 1. The number of rotatable bonds is 6. The molecule has 82 valence electrons. The topological polar surface area (TPSA) is 135 Å². The number of ketones is 1. The number of aliphatic hydroxyl groups excluding tert-OH is 4. The van der Waals surface area contributed by atoms with Crippen LogP contribution in [0.1, 0.15) is 6.42 Å². The van der Waals surface area contributed by atoms with Gasteiger partial charge in [0.25, 0.3) is 0 Å². The fourth-order valence-corrected chi connectivity index (χ4v) is 0.762. The molecule has 0 unspecified atom stereocenters. The molecule has 0 aromatic carbocycles. The number of carboxylic acids is 1. The molecule has 0 fully saturated rings. The standard InChI is InChI=1S/C7H12O7/c8-2-5(11)6(12)3(9)1-4(10)7(13)14/h3,5-6,8-9,11-12H,1-2H2,(H,13,14)/t3-,5+,6+/m0/s1. The van der Waals surface area contributed by atoms with Gasteiger partial charge < -0.3 is 25.5 Å². The van der Waals surface area contributed by atoms with Gasteiger partial charge in [-0.25, -0.2) is 4.79 Å². The minimum Gasteiger partial charge on any atom is -0.475 e. The number of hydrogen-bond acceptors (Lipinski definition) is 6. The van der Waals surface area contributed by atoms with E-state index in [1.165, 1.54) is 0 Å². The smallest absolute Gasteiger partial charge is 0.372 e. The summed E-state index contributed by atoms with van der Waals surface area (Å²) < 4.78 is 0. The molecule has 0 rings (SSSR count). The average Bonchev–Trinajstić information content (AvgIpc) is 2.14. The molecule has 0 saturated heterocycles. The first-order valence-electron chi connectivity index (χ1n) is 3.81. The Morgan fingerprint density at radius 2 is 1.57 bits per heavy atom. The molecular formula is C7H12O7. The summed E-state index contributed by atoms with van der Waals surface area (Å²) >= 11 is 0. The molecule has 0 aliphatic rings. The Labute approximate surface area is 79.2 Å². The van der Waals surface area contributed by atoms with Crippen molar-refractivity contribution < 1.29 is 35.1 Å². The van der Waals surface area contributed by atoms with E-state index in [1.807, 2.05) is 0 Å². The summed E-state index contributed by atoms with van der Waals surface area (Å²) in [4.78, 5) is 20.6. The average molecular weight is 208 g/mol. The molecule has 0 saturated carbocycles. The van der Waals surface area contributed by atoms with Gasteiger partial charge in [-0.05, 0) is 0 Å². The van der Waals surface area contributed by atoms with Gasteiger partial charge >= 0.3 is 5.97 Å². The van der Waals surface area contributed by atoms with Crippen LogP contribution in [-0.4, -0.2) is 62.2 Å². The van der Waals surface area contributed by atoms with Gasteiger partial charge in [-0.1, -0.05) is 0 Å². The third kappa shape index (κ3) is 3.79. The van der Waals surface area contributed by atoms with Crippen molar-refractivity contribution in [2.24, 2.45) is 0 Å². The minimum atomic E-state index is -1.75. The summed E-state index contributed by atoms with van der Waals surface area (Å²) in [6, 6.07) is 0. The molecule has 0 aliphatic heterocycles. The Hall–Kier alpha value is -1.02. The highest BCUT2D eigenvalue weighted by Gasteiger charge is 2.27. The number of aliphatic hydroxyl groups is 4. The summed E-state index contributed by atoms with van der Waals surface area (Å²) in [6.07, 6.45) is -5.87.